The third kappa shape index (κ3) is 2.70. The van der Waals surface area contributed by atoms with Crippen LogP contribution in [0, 0.1) is 13.8 Å². The van der Waals surface area contributed by atoms with Gasteiger partial charge in [-0.2, -0.15) is 0 Å². The fourth-order valence-corrected chi connectivity index (χ4v) is 2.42. The lowest BCUT2D eigenvalue weighted by Crippen LogP contribution is -2.13. The highest BCUT2D eigenvalue weighted by Crippen LogP contribution is 2.27. The van der Waals surface area contributed by atoms with Crippen LogP contribution < -0.4 is 5.84 Å². The number of aliphatic carboxylic acids is 1. The molecule has 0 aliphatic rings. The van der Waals surface area contributed by atoms with Gasteiger partial charge in [-0.3, -0.25) is 4.79 Å². The molecule has 2 rings (SSSR count). The van der Waals surface area contributed by atoms with E-state index in [0.29, 0.717) is 11.0 Å². The van der Waals surface area contributed by atoms with Crippen molar-refractivity contribution in [2.45, 2.75) is 19.0 Å². The van der Waals surface area contributed by atoms with Gasteiger partial charge in [0.25, 0.3) is 0 Å². The SMILES string of the molecule is Cc1cccc(C)c1-c1nnc(SCC(=O)O)n1N. The predicted molar refractivity (Wildman–Crippen MR) is 73.4 cm³/mol. The number of nitrogens with zero attached hydrogens (tertiary/aromatic N) is 3. The Morgan fingerprint density at radius 1 is 1.37 bits per heavy atom. The Balaban J connectivity index is 2.39. The van der Waals surface area contributed by atoms with E-state index in [4.69, 9.17) is 10.9 Å². The number of thioether (sulfide) groups is 1. The Hall–Kier alpha value is -2.02. The van der Waals surface area contributed by atoms with Crippen LogP contribution in [-0.2, 0) is 4.79 Å². The number of hydrogen-bond acceptors (Lipinski definition) is 5. The second kappa shape index (κ2) is 5.31. The first kappa shape index (κ1) is 13.4. The highest BCUT2D eigenvalue weighted by Gasteiger charge is 2.16. The summed E-state index contributed by atoms with van der Waals surface area (Å²) in [6.07, 6.45) is 0. The zero-order valence-corrected chi connectivity index (χ0v) is 11.4. The van der Waals surface area contributed by atoms with Gasteiger partial charge in [0.1, 0.15) is 0 Å². The molecule has 1 aromatic carbocycles. The number of benzene rings is 1. The van der Waals surface area contributed by atoms with Gasteiger partial charge in [0.15, 0.2) is 5.82 Å². The number of nitrogen functional groups attached to an aromatic ring is 1. The minimum Gasteiger partial charge on any atom is -0.481 e. The zero-order valence-electron chi connectivity index (χ0n) is 10.6. The average Bonchev–Trinajstić information content (AvgIpc) is 2.68. The summed E-state index contributed by atoms with van der Waals surface area (Å²) in [5.41, 5.74) is 3.03. The number of aromatic nitrogens is 3. The Kier molecular flexibility index (Phi) is 3.75. The van der Waals surface area contributed by atoms with Crippen LogP contribution in [-0.4, -0.2) is 31.7 Å². The summed E-state index contributed by atoms with van der Waals surface area (Å²) in [5, 5.41) is 17.0. The maximum absolute atomic E-state index is 10.5. The number of carboxylic acids is 1. The number of carbonyl (C=O) groups is 1. The summed E-state index contributed by atoms with van der Waals surface area (Å²) in [4.78, 5) is 10.5. The molecule has 0 amide bonds. The van der Waals surface area contributed by atoms with Gasteiger partial charge in [0, 0.05) is 5.56 Å². The minimum atomic E-state index is -0.915. The second-order valence-corrected chi connectivity index (χ2v) is 5.07. The van der Waals surface area contributed by atoms with Crippen LogP contribution in [0.3, 0.4) is 0 Å². The molecule has 2 aromatic rings. The van der Waals surface area contributed by atoms with Crippen LogP contribution in [0.25, 0.3) is 11.4 Å². The third-order valence-corrected chi connectivity index (χ3v) is 3.62. The van der Waals surface area contributed by atoms with Crippen molar-refractivity contribution in [2.24, 2.45) is 0 Å². The van der Waals surface area contributed by atoms with Crippen LogP contribution >= 0.6 is 11.8 Å². The largest absolute Gasteiger partial charge is 0.481 e. The van der Waals surface area contributed by atoms with Gasteiger partial charge in [-0.1, -0.05) is 30.0 Å². The first-order valence-electron chi connectivity index (χ1n) is 5.62. The smallest absolute Gasteiger partial charge is 0.313 e. The number of aryl methyl sites for hydroxylation is 2. The van der Waals surface area contributed by atoms with Gasteiger partial charge in [-0.25, -0.2) is 4.68 Å². The first-order valence-corrected chi connectivity index (χ1v) is 6.61. The summed E-state index contributed by atoms with van der Waals surface area (Å²) in [6.45, 7) is 3.95. The van der Waals surface area contributed by atoms with E-state index < -0.39 is 5.97 Å². The van der Waals surface area contributed by atoms with Gasteiger partial charge in [0.05, 0.1) is 5.75 Å². The summed E-state index contributed by atoms with van der Waals surface area (Å²) in [6, 6.07) is 5.91. The molecule has 3 N–H and O–H groups in total. The second-order valence-electron chi connectivity index (χ2n) is 4.13. The molecule has 1 heterocycles. The van der Waals surface area contributed by atoms with Crippen LogP contribution in [0.1, 0.15) is 11.1 Å². The number of carboxylic acid groups (broad SMARTS) is 1. The topological polar surface area (TPSA) is 94.0 Å². The van der Waals surface area contributed by atoms with E-state index in [9.17, 15) is 4.79 Å². The standard InChI is InChI=1S/C12H14N4O2S/c1-7-4-3-5-8(2)10(7)11-14-15-12(16(11)13)19-6-9(17)18/h3-5H,6,13H2,1-2H3,(H,17,18). The third-order valence-electron chi connectivity index (χ3n) is 2.69. The Morgan fingerprint density at radius 2 is 2.00 bits per heavy atom. The fourth-order valence-electron chi connectivity index (χ4n) is 1.84. The van der Waals surface area contributed by atoms with Crippen LogP contribution in [0.2, 0.25) is 0 Å². The highest BCUT2D eigenvalue weighted by atomic mass is 32.2. The van der Waals surface area contributed by atoms with Crippen molar-refractivity contribution < 1.29 is 9.90 Å². The van der Waals surface area contributed by atoms with Crippen molar-refractivity contribution >= 4 is 17.7 Å². The zero-order chi connectivity index (χ0) is 14.0. The molecule has 0 unspecified atom stereocenters. The number of nitrogens with two attached hydrogens (primary N) is 1. The van der Waals surface area contributed by atoms with Gasteiger partial charge in [-0.15, -0.1) is 10.2 Å². The molecule has 0 spiro atoms. The lowest BCUT2D eigenvalue weighted by atomic mass is 10.0. The molecular formula is C12H14N4O2S. The van der Waals surface area contributed by atoms with E-state index in [2.05, 4.69) is 10.2 Å². The molecule has 0 atom stereocenters. The molecule has 0 bridgehead atoms. The summed E-state index contributed by atoms with van der Waals surface area (Å²) in [5.74, 6) is 5.47. The predicted octanol–water partition coefficient (Wildman–Crippen LogP) is 1.45. The molecule has 7 heteroatoms. The summed E-state index contributed by atoms with van der Waals surface area (Å²) in [7, 11) is 0. The van der Waals surface area contributed by atoms with Crippen LogP contribution in [0.4, 0.5) is 0 Å². The van der Waals surface area contributed by atoms with Crippen molar-refractivity contribution in [1.82, 2.24) is 14.9 Å². The van der Waals surface area contributed by atoms with Crippen molar-refractivity contribution in [3.63, 3.8) is 0 Å². The monoisotopic (exact) mass is 278 g/mol. The molecular weight excluding hydrogens is 264 g/mol. The maximum Gasteiger partial charge on any atom is 0.313 e. The van der Waals surface area contributed by atoms with Gasteiger partial charge in [0.2, 0.25) is 5.16 Å². The van der Waals surface area contributed by atoms with E-state index in [1.54, 1.807) is 0 Å². The van der Waals surface area contributed by atoms with Gasteiger partial charge in [-0.05, 0) is 25.0 Å². The molecule has 0 saturated heterocycles. The summed E-state index contributed by atoms with van der Waals surface area (Å²) < 4.78 is 1.34. The molecule has 0 radical (unpaired) electrons. The fraction of sp³-hybridized carbons (Fsp3) is 0.250. The quantitative estimate of drug-likeness (QED) is 0.649. The van der Waals surface area contributed by atoms with Gasteiger partial charge < -0.3 is 10.9 Å². The van der Waals surface area contributed by atoms with E-state index in [0.717, 1.165) is 28.5 Å². The van der Waals surface area contributed by atoms with Crippen molar-refractivity contribution in [2.75, 3.05) is 11.6 Å². The van der Waals surface area contributed by atoms with Crippen molar-refractivity contribution in [3.8, 4) is 11.4 Å². The molecule has 0 fully saturated rings. The molecule has 0 saturated carbocycles. The number of hydrogen-bond donors (Lipinski definition) is 2. The molecule has 19 heavy (non-hydrogen) atoms. The molecule has 100 valence electrons. The van der Waals surface area contributed by atoms with Crippen molar-refractivity contribution in [3.05, 3.63) is 29.3 Å². The Labute approximate surface area is 114 Å². The normalized spacial score (nSPS) is 10.6. The van der Waals surface area contributed by atoms with E-state index in [-0.39, 0.29) is 5.75 Å². The minimum absolute atomic E-state index is 0.0952. The Morgan fingerprint density at radius 3 is 2.58 bits per heavy atom. The lowest BCUT2D eigenvalue weighted by molar-refractivity contribution is -0.133. The first-order chi connectivity index (χ1) is 9.00. The van der Waals surface area contributed by atoms with E-state index in [1.165, 1.54) is 4.68 Å². The van der Waals surface area contributed by atoms with E-state index in [1.807, 2.05) is 32.0 Å². The Bertz CT molecular complexity index is 604. The molecule has 0 aliphatic heterocycles. The lowest BCUT2D eigenvalue weighted by Gasteiger charge is -2.08. The maximum atomic E-state index is 10.5. The van der Waals surface area contributed by atoms with Crippen LogP contribution in [0.5, 0.6) is 0 Å². The summed E-state index contributed by atoms with van der Waals surface area (Å²) >= 11 is 1.05. The van der Waals surface area contributed by atoms with Crippen molar-refractivity contribution in [1.29, 1.82) is 0 Å². The average molecular weight is 278 g/mol. The molecule has 0 aliphatic carbocycles. The van der Waals surface area contributed by atoms with E-state index >= 15 is 0 Å². The van der Waals surface area contributed by atoms with Gasteiger partial charge >= 0.3 is 5.97 Å². The number of rotatable bonds is 4. The highest BCUT2D eigenvalue weighted by molar-refractivity contribution is 7.99. The van der Waals surface area contributed by atoms with Crippen LogP contribution in [0.15, 0.2) is 23.4 Å². The molecule has 1 aromatic heterocycles. The molecule has 6 nitrogen and oxygen atoms in total.